The van der Waals surface area contributed by atoms with E-state index in [1.807, 2.05) is 36.4 Å². The number of carbonyl (C=O) groups excluding carboxylic acids is 1. The number of para-hydroxylation sites is 1. The van der Waals surface area contributed by atoms with E-state index in [0.29, 0.717) is 23.3 Å². The fourth-order valence-electron chi connectivity index (χ4n) is 3.54. The molecule has 2 heterocycles. The van der Waals surface area contributed by atoms with Crippen LogP contribution in [0.2, 0.25) is 0 Å². The Hall–Kier alpha value is -3.39. The lowest BCUT2D eigenvalue weighted by molar-refractivity contribution is 0.223. The third kappa shape index (κ3) is 3.86. The molecule has 0 spiro atoms. The molecule has 2 aromatic heterocycles. The second kappa shape index (κ2) is 7.79. The minimum atomic E-state index is -3.48. The summed E-state index contributed by atoms with van der Waals surface area (Å²) in [5.41, 5.74) is 2.93. The van der Waals surface area contributed by atoms with E-state index in [2.05, 4.69) is 10.3 Å². The van der Waals surface area contributed by atoms with Gasteiger partial charge in [-0.05, 0) is 48.4 Å². The largest absolute Gasteiger partial charge is 0.327 e. The molecule has 0 aliphatic rings. The number of benzene rings is 2. The zero-order valence-corrected chi connectivity index (χ0v) is 17.6. The molecule has 0 radical (unpaired) electrons. The SMILES string of the molecule is CN(CCc1ccncc1)C(=O)Nc1ccc2c(c1)c1ccccc1n2S(C)(=O)=O. The average Bonchev–Trinajstić information content (AvgIpc) is 3.07. The first-order valence-corrected chi connectivity index (χ1v) is 11.3. The maximum atomic E-state index is 12.6. The smallest absolute Gasteiger partial charge is 0.321 e. The van der Waals surface area contributed by atoms with Crippen molar-refractivity contribution < 1.29 is 13.2 Å². The normalized spacial score (nSPS) is 11.7. The predicted octanol–water partition coefficient (Wildman–Crippen LogP) is 3.70. The molecule has 2 amide bonds. The molecule has 0 saturated heterocycles. The molecule has 4 rings (SSSR count). The standard InChI is InChI=1S/C22H22N4O3S/c1-25(14-11-16-9-12-23-13-10-16)22(27)24-17-7-8-21-19(15-17)18-5-3-4-6-20(18)26(21)30(2,28)29/h3-10,12-13,15H,11,14H2,1-2H3,(H,24,27). The Kier molecular flexibility index (Phi) is 5.17. The van der Waals surface area contributed by atoms with Crippen LogP contribution in [0, 0.1) is 0 Å². The highest BCUT2D eigenvalue weighted by Gasteiger charge is 2.18. The van der Waals surface area contributed by atoms with Crippen molar-refractivity contribution in [1.82, 2.24) is 13.9 Å². The van der Waals surface area contributed by atoms with E-state index >= 15 is 0 Å². The topological polar surface area (TPSA) is 84.3 Å². The quantitative estimate of drug-likeness (QED) is 0.531. The molecule has 0 bridgehead atoms. The summed E-state index contributed by atoms with van der Waals surface area (Å²) < 4.78 is 26.0. The van der Waals surface area contributed by atoms with Crippen molar-refractivity contribution in [3.63, 3.8) is 0 Å². The van der Waals surface area contributed by atoms with E-state index in [9.17, 15) is 13.2 Å². The number of nitrogens with one attached hydrogen (secondary N) is 1. The van der Waals surface area contributed by atoms with Gasteiger partial charge in [0.25, 0.3) is 0 Å². The Balaban J connectivity index is 1.59. The van der Waals surface area contributed by atoms with Crippen molar-refractivity contribution in [3.8, 4) is 0 Å². The number of urea groups is 1. The molecule has 0 saturated carbocycles. The summed E-state index contributed by atoms with van der Waals surface area (Å²) in [6.07, 6.45) is 5.38. The summed E-state index contributed by atoms with van der Waals surface area (Å²) >= 11 is 0. The number of hydrogen-bond acceptors (Lipinski definition) is 4. The van der Waals surface area contributed by atoms with E-state index in [4.69, 9.17) is 0 Å². The molecule has 0 unspecified atom stereocenters. The molecule has 4 aromatic rings. The minimum Gasteiger partial charge on any atom is -0.327 e. The lowest BCUT2D eigenvalue weighted by Gasteiger charge is -2.18. The van der Waals surface area contributed by atoms with Crippen molar-refractivity contribution in [1.29, 1.82) is 0 Å². The lowest BCUT2D eigenvalue weighted by atomic mass is 10.1. The summed E-state index contributed by atoms with van der Waals surface area (Å²) in [6, 6.07) is 16.2. The van der Waals surface area contributed by atoms with Gasteiger partial charge in [-0.15, -0.1) is 0 Å². The van der Waals surface area contributed by atoms with Gasteiger partial charge in [-0.2, -0.15) is 0 Å². The number of fused-ring (bicyclic) bond motifs is 3. The van der Waals surface area contributed by atoms with Gasteiger partial charge in [-0.3, -0.25) is 4.98 Å². The van der Waals surface area contributed by atoms with E-state index in [1.165, 1.54) is 10.2 Å². The van der Waals surface area contributed by atoms with Gasteiger partial charge in [-0.25, -0.2) is 17.2 Å². The fraction of sp³-hybridized carbons (Fsp3) is 0.182. The van der Waals surface area contributed by atoms with Crippen molar-refractivity contribution in [2.45, 2.75) is 6.42 Å². The van der Waals surface area contributed by atoms with Gasteiger partial charge in [0.2, 0.25) is 10.0 Å². The summed E-state index contributed by atoms with van der Waals surface area (Å²) in [4.78, 5) is 18.2. The van der Waals surface area contributed by atoms with Crippen LogP contribution in [-0.2, 0) is 16.4 Å². The average molecular weight is 423 g/mol. The maximum absolute atomic E-state index is 12.6. The zero-order chi connectivity index (χ0) is 21.3. The first kappa shape index (κ1) is 19.9. The van der Waals surface area contributed by atoms with E-state index in [1.54, 1.807) is 42.5 Å². The molecule has 7 nitrogen and oxygen atoms in total. The van der Waals surface area contributed by atoms with Crippen molar-refractivity contribution in [2.24, 2.45) is 0 Å². The Morgan fingerprint density at radius 1 is 1.03 bits per heavy atom. The van der Waals surface area contributed by atoms with Gasteiger partial charge in [-0.1, -0.05) is 18.2 Å². The number of aromatic nitrogens is 2. The van der Waals surface area contributed by atoms with Gasteiger partial charge in [0.15, 0.2) is 0 Å². The molecule has 154 valence electrons. The van der Waals surface area contributed by atoms with Crippen LogP contribution in [0.4, 0.5) is 10.5 Å². The maximum Gasteiger partial charge on any atom is 0.321 e. The van der Waals surface area contributed by atoms with E-state index in [0.717, 1.165) is 22.8 Å². The van der Waals surface area contributed by atoms with Crippen LogP contribution in [0.15, 0.2) is 67.0 Å². The Labute approximate surface area is 175 Å². The second-order valence-electron chi connectivity index (χ2n) is 7.23. The van der Waals surface area contributed by atoms with Gasteiger partial charge < -0.3 is 10.2 Å². The Bertz CT molecular complexity index is 1330. The first-order chi connectivity index (χ1) is 14.3. The highest BCUT2D eigenvalue weighted by atomic mass is 32.2. The number of anilines is 1. The van der Waals surface area contributed by atoms with Gasteiger partial charge >= 0.3 is 6.03 Å². The van der Waals surface area contributed by atoms with Crippen LogP contribution < -0.4 is 5.32 Å². The van der Waals surface area contributed by atoms with Crippen LogP contribution in [0.25, 0.3) is 21.8 Å². The number of pyridine rings is 1. The van der Waals surface area contributed by atoms with Crippen molar-refractivity contribution in [3.05, 3.63) is 72.6 Å². The number of rotatable bonds is 5. The monoisotopic (exact) mass is 422 g/mol. The summed E-state index contributed by atoms with van der Waals surface area (Å²) in [7, 11) is -1.74. The predicted molar refractivity (Wildman–Crippen MR) is 119 cm³/mol. The third-order valence-corrected chi connectivity index (χ3v) is 6.10. The van der Waals surface area contributed by atoms with Gasteiger partial charge in [0.05, 0.1) is 17.3 Å². The van der Waals surface area contributed by atoms with Crippen LogP contribution in [0.5, 0.6) is 0 Å². The fourth-order valence-corrected chi connectivity index (χ4v) is 4.57. The Morgan fingerprint density at radius 2 is 1.73 bits per heavy atom. The second-order valence-corrected chi connectivity index (χ2v) is 9.06. The lowest BCUT2D eigenvalue weighted by Crippen LogP contribution is -2.32. The van der Waals surface area contributed by atoms with E-state index < -0.39 is 10.0 Å². The summed E-state index contributed by atoms with van der Waals surface area (Å²) in [5, 5.41) is 4.49. The molecule has 0 fully saturated rings. The minimum absolute atomic E-state index is 0.227. The molecular weight excluding hydrogens is 400 g/mol. The molecule has 0 aliphatic heterocycles. The van der Waals surface area contributed by atoms with Gasteiger partial charge in [0, 0.05) is 42.4 Å². The third-order valence-electron chi connectivity index (χ3n) is 5.04. The molecule has 2 aromatic carbocycles. The first-order valence-electron chi connectivity index (χ1n) is 9.49. The van der Waals surface area contributed by atoms with Crippen LogP contribution in [0.1, 0.15) is 5.56 Å². The van der Waals surface area contributed by atoms with Crippen molar-refractivity contribution >= 4 is 43.5 Å². The zero-order valence-electron chi connectivity index (χ0n) is 16.7. The molecule has 8 heteroatoms. The summed E-state index contributed by atoms with van der Waals surface area (Å²) in [5.74, 6) is 0. The van der Waals surface area contributed by atoms with E-state index in [-0.39, 0.29) is 6.03 Å². The molecule has 1 N–H and O–H groups in total. The summed E-state index contributed by atoms with van der Waals surface area (Å²) in [6.45, 7) is 0.561. The van der Waals surface area contributed by atoms with Crippen molar-refractivity contribution in [2.75, 3.05) is 25.2 Å². The number of amides is 2. The molecular formula is C22H22N4O3S. The molecule has 30 heavy (non-hydrogen) atoms. The highest BCUT2D eigenvalue weighted by Crippen LogP contribution is 2.32. The molecule has 0 aliphatic carbocycles. The molecule has 0 atom stereocenters. The number of hydrogen-bond donors (Lipinski definition) is 1. The number of likely N-dealkylation sites (N-methyl/N-ethyl adjacent to an activating group) is 1. The van der Waals surface area contributed by atoms with Crippen LogP contribution in [-0.4, -0.2) is 48.2 Å². The Morgan fingerprint density at radius 3 is 2.47 bits per heavy atom. The highest BCUT2D eigenvalue weighted by molar-refractivity contribution is 7.89. The number of carbonyl (C=O) groups is 1. The van der Waals surface area contributed by atoms with Crippen LogP contribution in [0.3, 0.4) is 0 Å². The number of nitrogens with zero attached hydrogens (tertiary/aromatic N) is 3. The van der Waals surface area contributed by atoms with Gasteiger partial charge in [0.1, 0.15) is 0 Å². The van der Waals surface area contributed by atoms with Crippen LogP contribution >= 0.6 is 0 Å².